The van der Waals surface area contributed by atoms with E-state index in [0.717, 1.165) is 0 Å². The molecule has 3 rings (SSSR count). The van der Waals surface area contributed by atoms with Crippen molar-refractivity contribution < 1.29 is 24.5 Å². The Morgan fingerprint density at radius 3 is 2.38 bits per heavy atom. The highest BCUT2D eigenvalue weighted by molar-refractivity contribution is 6.29. The molecule has 0 saturated carbocycles. The van der Waals surface area contributed by atoms with E-state index in [2.05, 4.69) is 0 Å². The Labute approximate surface area is 120 Å². The summed E-state index contributed by atoms with van der Waals surface area (Å²) in [5, 5.41) is 19.3. The average Bonchev–Trinajstić information content (AvgIpc) is 2.51. The first-order chi connectivity index (χ1) is 10.1. The second kappa shape index (κ2) is 4.71. The van der Waals surface area contributed by atoms with Gasteiger partial charge in [0.2, 0.25) is 0 Å². The zero-order valence-corrected chi connectivity index (χ0v) is 11.2. The predicted octanol–water partition coefficient (Wildman–Crippen LogP) is 1.67. The summed E-state index contributed by atoms with van der Waals surface area (Å²) >= 11 is 0. The number of benzene rings is 2. The van der Waals surface area contributed by atoms with Gasteiger partial charge >= 0.3 is 0 Å². The molecule has 0 bridgehead atoms. The molecular formula is C16H12O5. The molecule has 2 aromatic carbocycles. The number of methoxy groups -OCH3 is 1. The molecule has 0 unspecified atom stereocenters. The molecule has 0 fully saturated rings. The van der Waals surface area contributed by atoms with Gasteiger partial charge in [-0.05, 0) is 24.3 Å². The van der Waals surface area contributed by atoms with E-state index in [1.807, 2.05) is 0 Å². The first kappa shape index (κ1) is 13.3. The van der Waals surface area contributed by atoms with Gasteiger partial charge in [-0.2, -0.15) is 0 Å². The van der Waals surface area contributed by atoms with Crippen LogP contribution in [0.15, 0.2) is 30.3 Å². The fraction of sp³-hybridized carbons (Fsp3) is 0.125. The number of aliphatic hydroxyl groups excluding tert-OH is 1. The maximum atomic E-state index is 12.6. The summed E-state index contributed by atoms with van der Waals surface area (Å²) < 4.78 is 5.06. The van der Waals surface area contributed by atoms with Crippen molar-refractivity contribution in [1.82, 2.24) is 0 Å². The highest BCUT2D eigenvalue weighted by Crippen LogP contribution is 2.36. The van der Waals surface area contributed by atoms with Crippen molar-refractivity contribution in [1.29, 1.82) is 0 Å². The number of aliphatic hydroxyl groups is 1. The third-order valence-electron chi connectivity index (χ3n) is 3.62. The summed E-state index contributed by atoms with van der Waals surface area (Å²) in [7, 11) is 1.46. The minimum Gasteiger partial charge on any atom is -0.507 e. The van der Waals surface area contributed by atoms with Gasteiger partial charge in [0.15, 0.2) is 11.6 Å². The van der Waals surface area contributed by atoms with E-state index in [4.69, 9.17) is 4.74 Å². The highest BCUT2D eigenvalue weighted by atomic mass is 16.5. The first-order valence-electron chi connectivity index (χ1n) is 6.31. The zero-order valence-electron chi connectivity index (χ0n) is 11.2. The van der Waals surface area contributed by atoms with Gasteiger partial charge in [-0.1, -0.05) is 6.07 Å². The van der Waals surface area contributed by atoms with Crippen molar-refractivity contribution in [3.8, 4) is 11.5 Å². The number of fused-ring (bicyclic) bond motifs is 2. The van der Waals surface area contributed by atoms with Crippen molar-refractivity contribution in [2.75, 3.05) is 7.11 Å². The minimum atomic E-state index is -0.452. The zero-order chi connectivity index (χ0) is 15.1. The Morgan fingerprint density at radius 2 is 1.71 bits per heavy atom. The van der Waals surface area contributed by atoms with Crippen LogP contribution in [-0.2, 0) is 6.61 Å². The molecule has 0 aromatic heterocycles. The maximum absolute atomic E-state index is 12.6. The smallest absolute Gasteiger partial charge is 0.198 e. The van der Waals surface area contributed by atoms with Crippen molar-refractivity contribution in [2.45, 2.75) is 6.61 Å². The number of phenols is 1. The number of ether oxygens (including phenoxy) is 1. The van der Waals surface area contributed by atoms with Crippen LogP contribution in [0.5, 0.6) is 11.5 Å². The molecule has 2 N–H and O–H groups in total. The Bertz CT molecular complexity index is 776. The van der Waals surface area contributed by atoms with E-state index in [9.17, 15) is 19.8 Å². The lowest BCUT2D eigenvalue weighted by Crippen LogP contribution is -2.21. The van der Waals surface area contributed by atoms with Gasteiger partial charge in [-0.3, -0.25) is 9.59 Å². The van der Waals surface area contributed by atoms with Gasteiger partial charge in [-0.15, -0.1) is 0 Å². The number of carbonyl (C=O) groups is 2. The number of carbonyl (C=O) groups excluding carboxylic acids is 2. The van der Waals surface area contributed by atoms with Gasteiger partial charge in [0.25, 0.3) is 0 Å². The van der Waals surface area contributed by atoms with E-state index in [1.54, 1.807) is 6.07 Å². The lowest BCUT2D eigenvalue weighted by atomic mass is 9.82. The summed E-state index contributed by atoms with van der Waals surface area (Å²) in [6.45, 7) is -0.411. The maximum Gasteiger partial charge on any atom is 0.198 e. The molecule has 1 aliphatic carbocycles. The molecule has 0 saturated heterocycles. The lowest BCUT2D eigenvalue weighted by molar-refractivity contribution is 0.0976. The van der Waals surface area contributed by atoms with E-state index in [1.165, 1.54) is 31.4 Å². The topological polar surface area (TPSA) is 83.8 Å². The number of hydrogen-bond acceptors (Lipinski definition) is 5. The molecule has 2 aromatic rings. The molecule has 106 valence electrons. The second-order valence-corrected chi connectivity index (χ2v) is 4.72. The van der Waals surface area contributed by atoms with E-state index in [-0.39, 0.29) is 39.4 Å². The van der Waals surface area contributed by atoms with Crippen LogP contribution in [0.25, 0.3) is 0 Å². The van der Waals surface area contributed by atoms with Crippen LogP contribution in [0.4, 0.5) is 0 Å². The van der Waals surface area contributed by atoms with Crippen LogP contribution in [-0.4, -0.2) is 28.9 Å². The van der Waals surface area contributed by atoms with Crippen molar-refractivity contribution in [3.05, 3.63) is 58.1 Å². The third-order valence-corrected chi connectivity index (χ3v) is 3.62. The quantitative estimate of drug-likeness (QED) is 0.748. The van der Waals surface area contributed by atoms with Crippen LogP contribution in [0.1, 0.15) is 37.4 Å². The van der Waals surface area contributed by atoms with Gasteiger partial charge in [0.1, 0.15) is 11.5 Å². The van der Waals surface area contributed by atoms with E-state index < -0.39 is 12.4 Å². The molecule has 0 heterocycles. The summed E-state index contributed by atoms with van der Waals surface area (Å²) in [4.78, 5) is 25.0. The van der Waals surface area contributed by atoms with Crippen molar-refractivity contribution in [3.63, 3.8) is 0 Å². The average molecular weight is 284 g/mol. The largest absolute Gasteiger partial charge is 0.507 e. The summed E-state index contributed by atoms with van der Waals surface area (Å²) in [6.07, 6.45) is 0. The van der Waals surface area contributed by atoms with Gasteiger partial charge in [-0.25, -0.2) is 0 Å². The fourth-order valence-electron chi connectivity index (χ4n) is 2.50. The molecule has 1 aliphatic rings. The molecule has 21 heavy (non-hydrogen) atoms. The molecule has 0 radical (unpaired) electrons. The van der Waals surface area contributed by atoms with E-state index in [0.29, 0.717) is 5.75 Å². The highest BCUT2D eigenvalue weighted by Gasteiger charge is 2.33. The van der Waals surface area contributed by atoms with Crippen LogP contribution in [0.3, 0.4) is 0 Å². The van der Waals surface area contributed by atoms with Crippen molar-refractivity contribution >= 4 is 11.6 Å². The standard InChI is InChI=1S/C16H12O5/c1-21-9-3-5-10-12(6-9)16(20)13-11(15(10)19)4-2-8(7-17)14(13)18/h2-6,17-18H,7H2,1H3. The number of ketones is 2. The van der Waals surface area contributed by atoms with Crippen molar-refractivity contribution in [2.24, 2.45) is 0 Å². The van der Waals surface area contributed by atoms with Crippen LogP contribution >= 0.6 is 0 Å². The number of rotatable bonds is 2. The normalized spacial score (nSPS) is 12.9. The molecule has 5 heteroatoms. The van der Waals surface area contributed by atoms with Gasteiger partial charge in [0.05, 0.1) is 19.3 Å². The monoisotopic (exact) mass is 284 g/mol. The van der Waals surface area contributed by atoms with Crippen LogP contribution < -0.4 is 4.74 Å². The molecule has 5 nitrogen and oxygen atoms in total. The Balaban J connectivity index is 2.28. The third kappa shape index (κ3) is 1.82. The molecule has 0 atom stereocenters. The first-order valence-corrected chi connectivity index (χ1v) is 6.31. The SMILES string of the molecule is COc1ccc2c(c1)C(=O)c1c(ccc(CO)c1O)C2=O. The molecule has 0 amide bonds. The Morgan fingerprint density at radius 1 is 1.00 bits per heavy atom. The van der Waals surface area contributed by atoms with E-state index >= 15 is 0 Å². The molecule has 0 spiro atoms. The molecular weight excluding hydrogens is 272 g/mol. The Kier molecular flexibility index (Phi) is 2.99. The van der Waals surface area contributed by atoms with Crippen LogP contribution in [0, 0.1) is 0 Å². The van der Waals surface area contributed by atoms with Crippen LogP contribution in [0.2, 0.25) is 0 Å². The summed E-state index contributed by atoms with van der Waals surface area (Å²) in [5.41, 5.74) is 0.766. The predicted molar refractivity (Wildman–Crippen MR) is 73.9 cm³/mol. The lowest BCUT2D eigenvalue weighted by Gasteiger charge is -2.20. The minimum absolute atomic E-state index is 0.0627. The Hall–Kier alpha value is -2.66. The second-order valence-electron chi connectivity index (χ2n) is 4.72. The van der Waals surface area contributed by atoms with Gasteiger partial charge < -0.3 is 14.9 Å². The summed E-state index contributed by atoms with van der Waals surface area (Å²) in [6, 6.07) is 7.51. The van der Waals surface area contributed by atoms with Gasteiger partial charge in [0, 0.05) is 22.3 Å². The number of hydrogen-bond donors (Lipinski definition) is 2. The molecule has 0 aliphatic heterocycles. The fourth-order valence-corrected chi connectivity index (χ4v) is 2.50. The summed E-state index contributed by atoms with van der Waals surface area (Å²) in [5.74, 6) is -0.675. The number of aromatic hydroxyl groups is 1.